The second-order valence-corrected chi connectivity index (χ2v) is 6.85. The molecule has 0 aliphatic rings. The fraction of sp³-hybridized carbons (Fsp3) is 0.556. The molecule has 2 N–H and O–H groups in total. The van der Waals surface area contributed by atoms with Crippen molar-refractivity contribution in [1.29, 1.82) is 0 Å². The molecule has 1 heterocycles. The molecule has 17 heavy (non-hydrogen) atoms. The standard InChI is InChI=1S/C9H14N2O4S2/c1-6(9(12)13)3-4-11-17(14,15)8-5-10-7(2)16-8/h5-6,11H,3-4H2,1-2H3,(H,12,13). The largest absolute Gasteiger partial charge is 0.481 e. The highest BCUT2D eigenvalue weighted by molar-refractivity contribution is 7.91. The van der Waals surface area contributed by atoms with Gasteiger partial charge in [0.1, 0.15) is 0 Å². The van der Waals surface area contributed by atoms with E-state index < -0.39 is 21.9 Å². The van der Waals surface area contributed by atoms with Gasteiger partial charge in [-0.2, -0.15) is 0 Å². The third kappa shape index (κ3) is 4.06. The van der Waals surface area contributed by atoms with Crippen LogP contribution in [0.5, 0.6) is 0 Å². The second kappa shape index (κ2) is 5.56. The maximum atomic E-state index is 11.7. The van der Waals surface area contributed by atoms with Crippen molar-refractivity contribution in [3.63, 3.8) is 0 Å². The van der Waals surface area contributed by atoms with Crippen molar-refractivity contribution >= 4 is 27.3 Å². The fourth-order valence-electron chi connectivity index (χ4n) is 1.07. The van der Waals surface area contributed by atoms with Gasteiger partial charge in [-0.3, -0.25) is 4.79 Å². The monoisotopic (exact) mass is 278 g/mol. The van der Waals surface area contributed by atoms with Gasteiger partial charge in [0.15, 0.2) is 4.21 Å². The number of carboxylic acids is 1. The van der Waals surface area contributed by atoms with Crippen LogP contribution < -0.4 is 4.72 Å². The molecule has 8 heteroatoms. The number of thiazole rings is 1. The molecule has 0 aromatic carbocycles. The maximum Gasteiger partial charge on any atom is 0.306 e. The van der Waals surface area contributed by atoms with E-state index in [1.165, 1.54) is 13.1 Å². The smallest absolute Gasteiger partial charge is 0.306 e. The summed E-state index contributed by atoms with van der Waals surface area (Å²) in [6.45, 7) is 3.36. The molecule has 0 amide bonds. The number of carboxylic acid groups (broad SMARTS) is 1. The summed E-state index contributed by atoms with van der Waals surface area (Å²) in [5.41, 5.74) is 0. The van der Waals surface area contributed by atoms with E-state index in [1.54, 1.807) is 6.92 Å². The second-order valence-electron chi connectivity index (χ2n) is 3.62. The van der Waals surface area contributed by atoms with Gasteiger partial charge in [-0.1, -0.05) is 6.92 Å². The van der Waals surface area contributed by atoms with Crippen LogP contribution in [0.25, 0.3) is 0 Å². The molecule has 96 valence electrons. The number of hydrogen-bond donors (Lipinski definition) is 2. The summed E-state index contributed by atoms with van der Waals surface area (Å²) in [7, 11) is -3.55. The van der Waals surface area contributed by atoms with Crippen LogP contribution in [0.2, 0.25) is 0 Å². The van der Waals surface area contributed by atoms with E-state index in [1.807, 2.05) is 0 Å². The SMILES string of the molecule is Cc1ncc(S(=O)(=O)NCCC(C)C(=O)O)s1. The van der Waals surface area contributed by atoms with Crippen LogP contribution in [0.1, 0.15) is 18.4 Å². The Morgan fingerprint density at radius 1 is 1.65 bits per heavy atom. The number of hydrogen-bond acceptors (Lipinski definition) is 5. The molecule has 0 saturated carbocycles. The topological polar surface area (TPSA) is 96.4 Å². The number of sulfonamides is 1. The molecule has 0 aliphatic carbocycles. The van der Waals surface area contributed by atoms with Gasteiger partial charge in [0, 0.05) is 6.54 Å². The zero-order chi connectivity index (χ0) is 13.1. The average Bonchev–Trinajstić information content (AvgIpc) is 2.65. The maximum absolute atomic E-state index is 11.7. The molecule has 6 nitrogen and oxygen atoms in total. The average molecular weight is 278 g/mol. The third-order valence-electron chi connectivity index (χ3n) is 2.16. The van der Waals surface area contributed by atoms with Gasteiger partial charge in [0.05, 0.1) is 17.1 Å². The van der Waals surface area contributed by atoms with Crippen LogP contribution in [0.15, 0.2) is 10.4 Å². The first kappa shape index (κ1) is 14.1. The summed E-state index contributed by atoms with van der Waals surface area (Å²) < 4.78 is 25.9. The molecular formula is C9H14N2O4S2. The van der Waals surface area contributed by atoms with E-state index in [0.717, 1.165) is 11.3 Å². The molecule has 0 fully saturated rings. The molecule has 1 aromatic heterocycles. The Hall–Kier alpha value is -0.990. The first-order chi connectivity index (χ1) is 7.83. The number of aryl methyl sites for hydroxylation is 1. The van der Waals surface area contributed by atoms with Gasteiger partial charge in [-0.05, 0) is 13.3 Å². The fourth-order valence-corrected chi connectivity index (χ4v) is 3.27. The van der Waals surface area contributed by atoms with Gasteiger partial charge in [0.25, 0.3) is 10.0 Å². The minimum absolute atomic E-state index is 0.104. The molecule has 0 aliphatic heterocycles. The van der Waals surface area contributed by atoms with Gasteiger partial charge >= 0.3 is 5.97 Å². The summed E-state index contributed by atoms with van der Waals surface area (Å²) in [6, 6.07) is 0. The lowest BCUT2D eigenvalue weighted by atomic mass is 10.1. The van der Waals surface area contributed by atoms with E-state index in [-0.39, 0.29) is 17.2 Å². The predicted molar refractivity (Wildman–Crippen MR) is 63.5 cm³/mol. The minimum atomic E-state index is -3.55. The number of carbonyl (C=O) groups is 1. The van der Waals surface area contributed by atoms with E-state index in [2.05, 4.69) is 9.71 Å². The quantitative estimate of drug-likeness (QED) is 0.803. The van der Waals surface area contributed by atoms with E-state index in [0.29, 0.717) is 5.01 Å². The third-order valence-corrected chi connectivity index (χ3v) is 4.99. The van der Waals surface area contributed by atoms with Crippen molar-refractivity contribution in [2.75, 3.05) is 6.54 Å². The van der Waals surface area contributed by atoms with E-state index in [4.69, 9.17) is 5.11 Å². The lowest BCUT2D eigenvalue weighted by molar-refractivity contribution is -0.141. The number of aromatic nitrogens is 1. The lowest BCUT2D eigenvalue weighted by Crippen LogP contribution is -2.26. The molecule has 1 atom stereocenters. The molecule has 0 spiro atoms. The first-order valence-electron chi connectivity index (χ1n) is 4.98. The Labute approximate surface area is 104 Å². The van der Waals surface area contributed by atoms with Crippen molar-refractivity contribution in [1.82, 2.24) is 9.71 Å². The van der Waals surface area contributed by atoms with Gasteiger partial charge < -0.3 is 5.11 Å². The molecule has 0 saturated heterocycles. The summed E-state index contributed by atoms with van der Waals surface area (Å²) in [5.74, 6) is -1.50. The van der Waals surface area contributed by atoms with Crippen molar-refractivity contribution in [2.24, 2.45) is 5.92 Å². The van der Waals surface area contributed by atoms with Crippen molar-refractivity contribution in [2.45, 2.75) is 24.5 Å². The van der Waals surface area contributed by atoms with E-state index >= 15 is 0 Å². The Morgan fingerprint density at radius 2 is 2.29 bits per heavy atom. The summed E-state index contributed by atoms with van der Waals surface area (Å²) in [5, 5.41) is 9.32. The van der Waals surface area contributed by atoms with Crippen LogP contribution >= 0.6 is 11.3 Å². The van der Waals surface area contributed by atoms with Gasteiger partial charge in [0.2, 0.25) is 0 Å². The Bertz CT molecular complexity index is 495. The summed E-state index contributed by atoms with van der Waals surface area (Å²) in [4.78, 5) is 14.4. The highest BCUT2D eigenvalue weighted by Gasteiger charge is 2.18. The number of nitrogens with one attached hydrogen (secondary N) is 1. The Kier molecular flexibility index (Phi) is 4.61. The van der Waals surface area contributed by atoms with Crippen LogP contribution in [0.3, 0.4) is 0 Å². The molecule has 0 bridgehead atoms. The van der Waals surface area contributed by atoms with Gasteiger partial charge in [-0.15, -0.1) is 11.3 Å². The van der Waals surface area contributed by atoms with E-state index in [9.17, 15) is 13.2 Å². The first-order valence-corrected chi connectivity index (χ1v) is 7.28. The van der Waals surface area contributed by atoms with Crippen LogP contribution in [-0.4, -0.2) is 31.0 Å². The molecule has 1 rings (SSSR count). The predicted octanol–water partition coefficient (Wildman–Crippen LogP) is 0.841. The number of aliphatic carboxylic acids is 1. The normalized spacial score (nSPS) is 13.5. The Morgan fingerprint density at radius 3 is 2.76 bits per heavy atom. The summed E-state index contributed by atoms with van der Waals surface area (Å²) >= 11 is 1.08. The van der Waals surface area contributed by atoms with Crippen LogP contribution in [0, 0.1) is 12.8 Å². The minimum Gasteiger partial charge on any atom is -0.481 e. The summed E-state index contributed by atoms with van der Waals surface area (Å²) in [6.07, 6.45) is 1.55. The van der Waals surface area contributed by atoms with Crippen LogP contribution in [0.4, 0.5) is 0 Å². The zero-order valence-electron chi connectivity index (χ0n) is 9.50. The molecule has 1 unspecified atom stereocenters. The number of nitrogens with zero attached hydrogens (tertiary/aromatic N) is 1. The number of rotatable bonds is 6. The highest BCUT2D eigenvalue weighted by Crippen LogP contribution is 2.17. The lowest BCUT2D eigenvalue weighted by Gasteiger charge is -2.07. The molecular weight excluding hydrogens is 264 g/mol. The van der Waals surface area contributed by atoms with Gasteiger partial charge in [-0.25, -0.2) is 18.1 Å². The molecule has 1 aromatic rings. The molecule has 0 radical (unpaired) electrons. The van der Waals surface area contributed by atoms with Crippen molar-refractivity contribution in [3.8, 4) is 0 Å². The zero-order valence-corrected chi connectivity index (χ0v) is 11.1. The highest BCUT2D eigenvalue weighted by atomic mass is 32.2. The Balaban J connectivity index is 2.54. The van der Waals surface area contributed by atoms with Crippen molar-refractivity contribution in [3.05, 3.63) is 11.2 Å². The van der Waals surface area contributed by atoms with Crippen molar-refractivity contribution < 1.29 is 18.3 Å². The van der Waals surface area contributed by atoms with Crippen LogP contribution in [-0.2, 0) is 14.8 Å².